The topological polar surface area (TPSA) is 45.5 Å². The second-order valence-corrected chi connectivity index (χ2v) is 4.37. The Kier molecular flexibility index (Phi) is 3.78. The fourth-order valence-corrected chi connectivity index (χ4v) is 2.43. The molecule has 1 aliphatic rings. The predicted molar refractivity (Wildman–Crippen MR) is 62.1 cm³/mol. The Labute approximate surface area is 99.6 Å². The largest absolute Gasteiger partial charge is 0.477 e. The van der Waals surface area contributed by atoms with Crippen molar-refractivity contribution in [1.29, 1.82) is 0 Å². The van der Waals surface area contributed by atoms with E-state index in [4.69, 9.17) is 5.11 Å². The summed E-state index contributed by atoms with van der Waals surface area (Å²) in [5, 5.41) is 9.04. The minimum Gasteiger partial charge on any atom is -0.477 e. The molecule has 1 aromatic heterocycles. The van der Waals surface area contributed by atoms with Crippen molar-refractivity contribution in [3.8, 4) is 0 Å². The number of carboxylic acid groups (broad SMARTS) is 1. The second kappa shape index (κ2) is 5.31. The Morgan fingerprint density at radius 3 is 2.76 bits per heavy atom. The molecule has 0 aliphatic carbocycles. The third-order valence-electron chi connectivity index (χ3n) is 3.35. The molecule has 5 heteroatoms. The molecule has 17 heavy (non-hydrogen) atoms. The smallest absolute Gasteiger partial charge is 0.352 e. The molecule has 1 saturated heterocycles. The standard InChI is InChI=1S/C12H17FN2O2/c13-5-9-14-7-3-10(4-8-14)15-6-1-2-11(15)12(16)17/h1-2,6,10H,3-5,7-9H2,(H,16,17). The molecule has 0 bridgehead atoms. The summed E-state index contributed by atoms with van der Waals surface area (Å²) < 4.78 is 14.0. The number of nitrogens with zero attached hydrogens (tertiary/aromatic N) is 2. The van der Waals surface area contributed by atoms with Crippen LogP contribution in [-0.2, 0) is 0 Å². The molecule has 0 aromatic carbocycles. The van der Waals surface area contributed by atoms with Crippen LogP contribution in [0.1, 0.15) is 29.4 Å². The zero-order chi connectivity index (χ0) is 12.3. The van der Waals surface area contributed by atoms with Crippen LogP contribution < -0.4 is 0 Å². The molecule has 1 N–H and O–H groups in total. The van der Waals surface area contributed by atoms with Gasteiger partial charge < -0.3 is 14.6 Å². The highest BCUT2D eigenvalue weighted by Crippen LogP contribution is 2.24. The molecule has 1 aromatic rings. The summed E-state index contributed by atoms with van der Waals surface area (Å²) in [4.78, 5) is 13.1. The van der Waals surface area contributed by atoms with Gasteiger partial charge >= 0.3 is 5.97 Å². The van der Waals surface area contributed by atoms with Gasteiger partial charge in [0.15, 0.2) is 0 Å². The molecule has 0 saturated carbocycles. The molecular weight excluding hydrogens is 223 g/mol. The molecular formula is C12H17FN2O2. The van der Waals surface area contributed by atoms with Crippen molar-refractivity contribution in [2.24, 2.45) is 0 Å². The summed E-state index contributed by atoms with van der Waals surface area (Å²) in [6, 6.07) is 3.61. The number of piperidine rings is 1. The van der Waals surface area contributed by atoms with E-state index in [2.05, 4.69) is 4.90 Å². The summed E-state index contributed by atoms with van der Waals surface area (Å²) >= 11 is 0. The van der Waals surface area contributed by atoms with Crippen molar-refractivity contribution in [3.63, 3.8) is 0 Å². The van der Waals surface area contributed by atoms with Gasteiger partial charge in [-0.05, 0) is 25.0 Å². The van der Waals surface area contributed by atoms with Crippen molar-refractivity contribution in [2.45, 2.75) is 18.9 Å². The van der Waals surface area contributed by atoms with Gasteiger partial charge in [-0.15, -0.1) is 0 Å². The molecule has 2 heterocycles. The van der Waals surface area contributed by atoms with Gasteiger partial charge in [-0.2, -0.15) is 0 Å². The Hall–Kier alpha value is -1.36. The van der Waals surface area contributed by atoms with Crippen LogP contribution in [-0.4, -0.2) is 46.9 Å². The highest BCUT2D eigenvalue weighted by molar-refractivity contribution is 5.85. The first-order chi connectivity index (χ1) is 8.22. The van der Waals surface area contributed by atoms with Gasteiger partial charge in [0.25, 0.3) is 0 Å². The average molecular weight is 240 g/mol. The number of aromatic carboxylic acids is 1. The Balaban J connectivity index is 2.00. The van der Waals surface area contributed by atoms with Crippen LogP contribution in [0.5, 0.6) is 0 Å². The Morgan fingerprint density at radius 1 is 1.47 bits per heavy atom. The van der Waals surface area contributed by atoms with Crippen LogP contribution in [0.15, 0.2) is 18.3 Å². The van der Waals surface area contributed by atoms with E-state index in [0.717, 1.165) is 25.9 Å². The first-order valence-electron chi connectivity index (χ1n) is 5.91. The van der Waals surface area contributed by atoms with E-state index in [1.807, 2.05) is 10.8 Å². The van der Waals surface area contributed by atoms with Crippen LogP contribution in [0.4, 0.5) is 4.39 Å². The molecule has 0 atom stereocenters. The minimum atomic E-state index is -0.888. The minimum absolute atomic E-state index is 0.229. The maximum atomic E-state index is 12.2. The molecule has 0 spiro atoms. The average Bonchev–Trinajstić information content (AvgIpc) is 2.79. The third kappa shape index (κ3) is 2.66. The van der Waals surface area contributed by atoms with E-state index in [1.54, 1.807) is 12.1 Å². The number of halogens is 1. The monoisotopic (exact) mass is 240 g/mol. The van der Waals surface area contributed by atoms with Crippen molar-refractivity contribution < 1.29 is 14.3 Å². The molecule has 0 radical (unpaired) electrons. The number of rotatable bonds is 4. The van der Waals surface area contributed by atoms with E-state index in [-0.39, 0.29) is 12.7 Å². The van der Waals surface area contributed by atoms with Crippen LogP contribution >= 0.6 is 0 Å². The zero-order valence-corrected chi connectivity index (χ0v) is 9.68. The van der Waals surface area contributed by atoms with Gasteiger partial charge in [-0.25, -0.2) is 9.18 Å². The van der Waals surface area contributed by atoms with E-state index in [0.29, 0.717) is 12.2 Å². The van der Waals surface area contributed by atoms with Gasteiger partial charge in [0.1, 0.15) is 12.4 Å². The van der Waals surface area contributed by atoms with Gasteiger partial charge in [-0.1, -0.05) is 0 Å². The van der Waals surface area contributed by atoms with Gasteiger partial charge in [0.2, 0.25) is 0 Å². The second-order valence-electron chi connectivity index (χ2n) is 4.37. The number of hydrogen-bond acceptors (Lipinski definition) is 2. The lowest BCUT2D eigenvalue weighted by Gasteiger charge is -2.32. The quantitative estimate of drug-likeness (QED) is 0.872. The molecule has 0 amide bonds. The zero-order valence-electron chi connectivity index (χ0n) is 9.68. The third-order valence-corrected chi connectivity index (χ3v) is 3.35. The summed E-state index contributed by atoms with van der Waals surface area (Å²) in [5.41, 5.74) is 0.342. The van der Waals surface area contributed by atoms with Crippen molar-refractivity contribution in [2.75, 3.05) is 26.3 Å². The summed E-state index contributed by atoms with van der Waals surface area (Å²) in [6.45, 7) is 1.86. The van der Waals surface area contributed by atoms with Crippen LogP contribution in [0.25, 0.3) is 0 Å². The van der Waals surface area contributed by atoms with Crippen LogP contribution in [0, 0.1) is 0 Å². The number of aromatic nitrogens is 1. The van der Waals surface area contributed by atoms with E-state index >= 15 is 0 Å². The maximum absolute atomic E-state index is 12.2. The summed E-state index contributed by atoms with van der Waals surface area (Å²) in [7, 11) is 0. The normalized spacial score (nSPS) is 18.4. The molecule has 4 nitrogen and oxygen atoms in total. The highest BCUT2D eigenvalue weighted by Gasteiger charge is 2.22. The Morgan fingerprint density at radius 2 is 2.18 bits per heavy atom. The lowest BCUT2D eigenvalue weighted by Crippen LogP contribution is -2.36. The maximum Gasteiger partial charge on any atom is 0.352 e. The first-order valence-corrected chi connectivity index (χ1v) is 5.91. The van der Waals surface area contributed by atoms with E-state index in [9.17, 15) is 9.18 Å². The predicted octanol–water partition coefficient (Wildman–Crippen LogP) is 1.79. The van der Waals surface area contributed by atoms with Crippen LogP contribution in [0.3, 0.4) is 0 Å². The van der Waals surface area contributed by atoms with E-state index in [1.165, 1.54) is 0 Å². The first kappa shape index (κ1) is 12.1. The van der Waals surface area contributed by atoms with Gasteiger partial charge in [0.05, 0.1) is 0 Å². The summed E-state index contributed by atoms with van der Waals surface area (Å²) in [5.74, 6) is -0.888. The van der Waals surface area contributed by atoms with Gasteiger partial charge in [-0.3, -0.25) is 0 Å². The van der Waals surface area contributed by atoms with Gasteiger partial charge in [0, 0.05) is 31.9 Å². The molecule has 1 fully saturated rings. The molecule has 1 aliphatic heterocycles. The van der Waals surface area contributed by atoms with E-state index < -0.39 is 5.97 Å². The molecule has 0 unspecified atom stereocenters. The van der Waals surface area contributed by atoms with Crippen molar-refractivity contribution in [1.82, 2.24) is 9.47 Å². The van der Waals surface area contributed by atoms with Crippen LogP contribution in [0.2, 0.25) is 0 Å². The number of alkyl halides is 1. The molecule has 94 valence electrons. The fraction of sp³-hybridized carbons (Fsp3) is 0.583. The van der Waals surface area contributed by atoms with Crippen molar-refractivity contribution in [3.05, 3.63) is 24.0 Å². The van der Waals surface area contributed by atoms with Crippen molar-refractivity contribution >= 4 is 5.97 Å². The number of hydrogen-bond donors (Lipinski definition) is 1. The lowest BCUT2D eigenvalue weighted by molar-refractivity contribution is 0.0678. The number of carbonyl (C=O) groups is 1. The Bertz CT molecular complexity index is 384. The highest BCUT2D eigenvalue weighted by atomic mass is 19.1. The fourth-order valence-electron chi connectivity index (χ4n) is 2.43. The summed E-state index contributed by atoms with van der Waals surface area (Å²) in [6.07, 6.45) is 3.59. The number of likely N-dealkylation sites (tertiary alicyclic amines) is 1. The lowest BCUT2D eigenvalue weighted by atomic mass is 10.0. The molecule has 2 rings (SSSR count). The number of carboxylic acids is 1. The SMILES string of the molecule is O=C(O)c1cccn1C1CCN(CCF)CC1.